The Bertz CT molecular complexity index is 852. The molecule has 0 unspecified atom stereocenters. The van der Waals surface area contributed by atoms with Gasteiger partial charge in [-0.15, -0.1) is 11.8 Å². The zero-order chi connectivity index (χ0) is 19.9. The summed E-state index contributed by atoms with van der Waals surface area (Å²) in [6, 6.07) is 13.8. The molecular formula is C22H25NO4S. The fourth-order valence-electron chi connectivity index (χ4n) is 3.24. The van der Waals surface area contributed by atoms with Gasteiger partial charge in [0, 0.05) is 17.0 Å². The summed E-state index contributed by atoms with van der Waals surface area (Å²) in [6.07, 6.45) is 2.61. The van der Waals surface area contributed by atoms with Crippen molar-refractivity contribution in [1.29, 1.82) is 0 Å². The molecule has 1 aliphatic carbocycles. The lowest BCUT2D eigenvalue weighted by atomic mass is 10.1. The highest BCUT2D eigenvalue weighted by molar-refractivity contribution is 8.00. The van der Waals surface area contributed by atoms with E-state index in [2.05, 4.69) is 17.4 Å². The molecule has 0 saturated heterocycles. The zero-order valence-corrected chi connectivity index (χ0v) is 17.0. The highest BCUT2D eigenvalue weighted by atomic mass is 32.2. The number of carbonyl (C=O) groups is 2. The minimum atomic E-state index is -0.845. The van der Waals surface area contributed by atoms with Crippen LogP contribution in [0.5, 0.6) is 5.75 Å². The van der Waals surface area contributed by atoms with Crippen molar-refractivity contribution in [3.05, 3.63) is 59.2 Å². The Balaban J connectivity index is 1.43. The fraction of sp³-hybridized carbons (Fsp3) is 0.364. The Kier molecular flexibility index (Phi) is 6.98. The summed E-state index contributed by atoms with van der Waals surface area (Å²) in [6.45, 7) is 1.89. The van der Waals surface area contributed by atoms with Gasteiger partial charge in [-0.05, 0) is 55.5 Å². The zero-order valence-electron chi connectivity index (χ0n) is 16.2. The third-order valence-electron chi connectivity index (χ3n) is 4.75. The first kappa shape index (κ1) is 20.3. The minimum Gasteiger partial charge on any atom is -0.496 e. The number of rotatable bonds is 8. The molecular weight excluding hydrogens is 374 g/mol. The molecule has 0 radical (unpaired) electrons. The topological polar surface area (TPSA) is 64.6 Å². The van der Waals surface area contributed by atoms with Crippen molar-refractivity contribution >= 4 is 23.6 Å². The molecule has 0 aromatic heterocycles. The molecule has 0 aliphatic heterocycles. The number of para-hydroxylation sites is 1. The lowest BCUT2D eigenvalue weighted by Crippen LogP contribution is -2.35. The predicted octanol–water partition coefficient (Wildman–Crippen LogP) is 3.52. The summed E-state index contributed by atoms with van der Waals surface area (Å²) in [7, 11) is 1.59. The average Bonchev–Trinajstić information content (AvgIpc) is 3.18. The fourth-order valence-corrected chi connectivity index (χ4v) is 3.98. The lowest BCUT2D eigenvalue weighted by molar-refractivity contribution is -0.152. The Morgan fingerprint density at radius 2 is 1.93 bits per heavy atom. The third kappa shape index (κ3) is 5.29. The number of aryl methyl sites for hydroxylation is 2. The van der Waals surface area contributed by atoms with Crippen LogP contribution in [0.15, 0.2) is 47.4 Å². The molecule has 148 valence electrons. The number of nitrogens with one attached hydrogen (secondary N) is 1. The molecule has 28 heavy (non-hydrogen) atoms. The van der Waals surface area contributed by atoms with E-state index in [1.54, 1.807) is 14.0 Å². The highest BCUT2D eigenvalue weighted by Gasteiger charge is 2.18. The van der Waals surface area contributed by atoms with Gasteiger partial charge in [-0.25, -0.2) is 0 Å². The number of hydrogen-bond acceptors (Lipinski definition) is 5. The molecule has 6 heteroatoms. The molecule has 0 bridgehead atoms. The Labute approximate surface area is 169 Å². The summed E-state index contributed by atoms with van der Waals surface area (Å²) >= 11 is 1.44. The molecule has 1 N–H and O–H groups in total. The van der Waals surface area contributed by atoms with Gasteiger partial charge < -0.3 is 14.8 Å². The van der Waals surface area contributed by atoms with E-state index in [0.717, 1.165) is 23.3 Å². The van der Waals surface area contributed by atoms with Crippen molar-refractivity contribution in [3.8, 4) is 5.75 Å². The first-order valence-corrected chi connectivity index (χ1v) is 10.4. The molecule has 1 aliphatic rings. The van der Waals surface area contributed by atoms with Crippen LogP contribution in [0.1, 0.15) is 30.0 Å². The quantitative estimate of drug-likeness (QED) is 0.543. The van der Waals surface area contributed by atoms with Gasteiger partial charge in [-0.2, -0.15) is 0 Å². The Morgan fingerprint density at radius 3 is 2.75 bits per heavy atom. The number of fused-ring (bicyclic) bond motifs is 1. The van der Waals surface area contributed by atoms with Crippen molar-refractivity contribution in [2.45, 2.75) is 43.7 Å². The number of amides is 1. The van der Waals surface area contributed by atoms with Crippen LogP contribution in [0.2, 0.25) is 0 Å². The van der Waals surface area contributed by atoms with Crippen LogP contribution in [0.25, 0.3) is 0 Å². The monoisotopic (exact) mass is 399 g/mol. The summed E-state index contributed by atoms with van der Waals surface area (Å²) in [4.78, 5) is 25.4. The SMILES string of the molecule is COc1ccccc1CNC(=O)[C@@H](C)OC(=O)CSc1ccc2c(c1)CCC2. The van der Waals surface area contributed by atoms with Crippen molar-refractivity contribution in [2.24, 2.45) is 0 Å². The second-order valence-corrected chi connectivity index (χ2v) is 7.78. The molecule has 0 saturated carbocycles. The van der Waals surface area contributed by atoms with Crippen LogP contribution < -0.4 is 10.1 Å². The van der Waals surface area contributed by atoms with Crippen molar-refractivity contribution < 1.29 is 19.1 Å². The van der Waals surface area contributed by atoms with E-state index < -0.39 is 12.1 Å². The third-order valence-corrected chi connectivity index (χ3v) is 5.72. The maximum atomic E-state index is 12.2. The number of ether oxygens (including phenoxy) is 2. The standard InChI is InChI=1S/C22H25NO4S/c1-15(22(25)23-13-18-6-3-4-9-20(18)26-2)27-21(24)14-28-19-11-10-16-7-5-8-17(16)12-19/h3-4,6,9-12,15H,5,7-8,13-14H2,1-2H3,(H,23,25)/t15-/m1/s1. The van der Waals surface area contributed by atoms with E-state index in [9.17, 15) is 9.59 Å². The maximum absolute atomic E-state index is 12.2. The number of benzene rings is 2. The van der Waals surface area contributed by atoms with E-state index in [0.29, 0.717) is 12.3 Å². The molecule has 1 atom stereocenters. The number of hydrogen-bond donors (Lipinski definition) is 1. The van der Waals surface area contributed by atoms with Crippen molar-refractivity contribution in [3.63, 3.8) is 0 Å². The second-order valence-electron chi connectivity index (χ2n) is 6.73. The van der Waals surface area contributed by atoms with Gasteiger partial charge in [0.25, 0.3) is 5.91 Å². The van der Waals surface area contributed by atoms with Crippen LogP contribution in [0.3, 0.4) is 0 Å². The first-order chi connectivity index (χ1) is 13.6. The number of thioether (sulfide) groups is 1. The van der Waals surface area contributed by atoms with Gasteiger partial charge in [-0.3, -0.25) is 9.59 Å². The first-order valence-electron chi connectivity index (χ1n) is 9.40. The summed E-state index contributed by atoms with van der Waals surface area (Å²) in [5.41, 5.74) is 3.65. The van der Waals surface area contributed by atoms with E-state index in [-0.39, 0.29) is 11.7 Å². The molecule has 0 spiro atoms. The second kappa shape index (κ2) is 9.64. The van der Waals surface area contributed by atoms with Crippen LogP contribution in [-0.2, 0) is 33.7 Å². The molecule has 2 aromatic carbocycles. The van der Waals surface area contributed by atoms with Crippen molar-refractivity contribution in [2.75, 3.05) is 12.9 Å². The van der Waals surface area contributed by atoms with Gasteiger partial charge in [0.05, 0.1) is 12.9 Å². The van der Waals surface area contributed by atoms with Gasteiger partial charge in [0.15, 0.2) is 6.10 Å². The molecule has 2 aromatic rings. The molecule has 0 fully saturated rings. The molecule has 0 heterocycles. The number of carbonyl (C=O) groups excluding carboxylic acids is 2. The number of methoxy groups -OCH3 is 1. The van der Waals surface area contributed by atoms with Crippen molar-refractivity contribution in [1.82, 2.24) is 5.32 Å². The van der Waals surface area contributed by atoms with Crippen LogP contribution in [0, 0.1) is 0 Å². The van der Waals surface area contributed by atoms with Gasteiger partial charge in [0.2, 0.25) is 0 Å². The van der Waals surface area contributed by atoms with Crippen LogP contribution in [-0.4, -0.2) is 30.8 Å². The van der Waals surface area contributed by atoms with E-state index in [4.69, 9.17) is 9.47 Å². The van der Waals surface area contributed by atoms with Crippen LogP contribution in [0.4, 0.5) is 0 Å². The summed E-state index contributed by atoms with van der Waals surface area (Å²) < 4.78 is 10.5. The van der Waals surface area contributed by atoms with E-state index in [1.807, 2.05) is 30.3 Å². The minimum absolute atomic E-state index is 0.183. The van der Waals surface area contributed by atoms with Crippen LogP contribution >= 0.6 is 11.8 Å². The van der Waals surface area contributed by atoms with Gasteiger partial charge in [-0.1, -0.05) is 24.3 Å². The maximum Gasteiger partial charge on any atom is 0.317 e. The van der Waals surface area contributed by atoms with Gasteiger partial charge in [0.1, 0.15) is 5.75 Å². The predicted molar refractivity (Wildman–Crippen MR) is 110 cm³/mol. The largest absolute Gasteiger partial charge is 0.496 e. The smallest absolute Gasteiger partial charge is 0.317 e. The van der Waals surface area contributed by atoms with E-state index in [1.165, 1.54) is 29.3 Å². The normalized spacial score (nSPS) is 13.5. The lowest BCUT2D eigenvalue weighted by Gasteiger charge is -2.14. The summed E-state index contributed by atoms with van der Waals surface area (Å²) in [5, 5.41) is 2.78. The Hall–Kier alpha value is -2.47. The summed E-state index contributed by atoms with van der Waals surface area (Å²) in [5.74, 6) is 0.161. The van der Waals surface area contributed by atoms with E-state index >= 15 is 0 Å². The number of esters is 1. The highest BCUT2D eigenvalue weighted by Crippen LogP contribution is 2.27. The Morgan fingerprint density at radius 1 is 1.14 bits per heavy atom. The molecule has 5 nitrogen and oxygen atoms in total. The average molecular weight is 400 g/mol. The molecule has 1 amide bonds. The van der Waals surface area contributed by atoms with Gasteiger partial charge >= 0.3 is 5.97 Å². The molecule has 3 rings (SSSR count).